The fourth-order valence-electron chi connectivity index (χ4n) is 1.66. The zero-order valence-electron chi connectivity index (χ0n) is 11.6. The lowest BCUT2D eigenvalue weighted by molar-refractivity contribution is 0.202. The van der Waals surface area contributed by atoms with Gasteiger partial charge in [0.25, 0.3) is 0 Å². The van der Waals surface area contributed by atoms with E-state index in [2.05, 4.69) is 24.4 Å². The van der Waals surface area contributed by atoms with Gasteiger partial charge in [0.05, 0.1) is 13.2 Å². The van der Waals surface area contributed by atoms with Crippen LogP contribution in [0.1, 0.15) is 25.3 Å². The van der Waals surface area contributed by atoms with Crippen molar-refractivity contribution in [1.29, 1.82) is 0 Å². The van der Waals surface area contributed by atoms with Crippen molar-refractivity contribution in [2.75, 3.05) is 33.4 Å². The Labute approximate surface area is 110 Å². The summed E-state index contributed by atoms with van der Waals surface area (Å²) in [6.07, 6.45) is 3.19. The highest BCUT2D eigenvalue weighted by atomic mass is 16.5. The van der Waals surface area contributed by atoms with Gasteiger partial charge in [-0.3, -0.25) is 0 Å². The van der Waals surface area contributed by atoms with Gasteiger partial charge in [-0.2, -0.15) is 0 Å². The number of benzene rings is 1. The third-order valence-corrected chi connectivity index (χ3v) is 2.71. The average Bonchev–Trinajstić information content (AvgIpc) is 2.42. The zero-order chi connectivity index (χ0) is 13.1. The van der Waals surface area contributed by atoms with Crippen LogP contribution in [-0.2, 0) is 11.2 Å². The second-order valence-corrected chi connectivity index (χ2v) is 4.34. The fraction of sp³-hybridized carbons (Fsp3) is 0.600. The predicted octanol–water partition coefficient (Wildman–Crippen LogP) is 2.64. The molecule has 0 aromatic heterocycles. The molecule has 0 amide bonds. The summed E-state index contributed by atoms with van der Waals surface area (Å²) in [5.41, 5.74) is 1.29. The number of hydrogen-bond donors (Lipinski definition) is 1. The average molecular weight is 251 g/mol. The van der Waals surface area contributed by atoms with Crippen molar-refractivity contribution in [1.82, 2.24) is 5.32 Å². The SMILES string of the molecule is CCCNCCCOc1ccc(CCOC)cc1. The molecule has 0 saturated carbocycles. The monoisotopic (exact) mass is 251 g/mol. The van der Waals surface area contributed by atoms with Gasteiger partial charge in [0.15, 0.2) is 0 Å². The molecule has 1 aromatic carbocycles. The Morgan fingerprint density at radius 2 is 1.83 bits per heavy atom. The van der Waals surface area contributed by atoms with Gasteiger partial charge in [0.1, 0.15) is 5.75 Å². The summed E-state index contributed by atoms with van der Waals surface area (Å²) in [5.74, 6) is 0.951. The van der Waals surface area contributed by atoms with Crippen LogP contribution in [0.5, 0.6) is 5.75 Å². The molecular formula is C15H25NO2. The lowest BCUT2D eigenvalue weighted by Crippen LogP contribution is -2.18. The second-order valence-electron chi connectivity index (χ2n) is 4.34. The van der Waals surface area contributed by atoms with E-state index in [0.717, 1.165) is 44.9 Å². The van der Waals surface area contributed by atoms with E-state index in [0.29, 0.717) is 0 Å². The van der Waals surface area contributed by atoms with E-state index in [1.165, 1.54) is 12.0 Å². The third kappa shape index (κ3) is 6.62. The fourth-order valence-corrected chi connectivity index (χ4v) is 1.66. The van der Waals surface area contributed by atoms with Gasteiger partial charge < -0.3 is 14.8 Å². The molecule has 1 N–H and O–H groups in total. The Hall–Kier alpha value is -1.06. The Morgan fingerprint density at radius 1 is 1.06 bits per heavy atom. The maximum atomic E-state index is 5.67. The molecule has 0 saturated heterocycles. The highest BCUT2D eigenvalue weighted by Gasteiger charge is 1.96. The Morgan fingerprint density at radius 3 is 2.50 bits per heavy atom. The minimum atomic E-state index is 0.767. The maximum Gasteiger partial charge on any atom is 0.119 e. The molecule has 0 atom stereocenters. The number of ether oxygens (including phenoxy) is 2. The standard InChI is InChI=1S/C15H25NO2/c1-3-10-16-11-4-12-18-15-7-5-14(6-8-15)9-13-17-2/h5-8,16H,3-4,9-13H2,1-2H3. The normalized spacial score (nSPS) is 10.6. The molecule has 0 aliphatic rings. The summed E-state index contributed by atoms with van der Waals surface area (Å²) >= 11 is 0. The van der Waals surface area contributed by atoms with Crippen molar-refractivity contribution in [3.63, 3.8) is 0 Å². The Kier molecular flexibility index (Phi) is 8.26. The Balaban J connectivity index is 2.14. The molecule has 3 nitrogen and oxygen atoms in total. The summed E-state index contributed by atoms with van der Waals surface area (Å²) in [6.45, 7) is 5.83. The van der Waals surface area contributed by atoms with Crippen molar-refractivity contribution >= 4 is 0 Å². The molecular weight excluding hydrogens is 226 g/mol. The minimum absolute atomic E-state index is 0.767. The van der Waals surface area contributed by atoms with Crippen molar-refractivity contribution in [3.8, 4) is 5.75 Å². The van der Waals surface area contributed by atoms with E-state index in [9.17, 15) is 0 Å². The van der Waals surface area contributed by atoms with Gasteiger partial charge in [0.2, 0.25) is 0 Å². The number of rotatable bonds is 10. The molecule has 3 heteroatoms. The van der Waals surface area contributed by atoms with Gasteiger partial charge in [-0.15, -0.1) is 0 Å². The maximum absolute atomic E-state index is 5.67. The van der Waals surface area contributed by atoms with Crippen molar-refractivity contribution in [2.45, 2.75) is 26.2 Å². The molecule has 0 spiro atoms. The molecule has 18 heavy (non-hydrogen) atoms. The van der Waals surface area contributed by atoms with Crippen LogP contribution in [0, 0.1) is 0 Å². The molecule has 0 radical (unpaired) electrons. The summed E-state index contributed by atoms with van der Waals surface area (Å²) < 4.78 is 10.7. The first-order valence-electron chi connectivity index (χ1n) is 6.78. The lowest BCUT2D eigenvalue weighted by atomic mass is 10.1. The van der Waals surface area contributed by atoms with Crippen LogP contribution in [0.3, 0.4) is 0 Å². The molecule has 0 fully saturated rings. The summed E-state index contributed by atoms with van der Waals surface area (Å²) in [4.78, 5) is 0. The van der Waals surface area contributed by atoms with Gasteiger partial charge >= 0.3 is 0 Å². The van der Waals surface area contributed by atoms with Crippen LogP contribution in [0.4, 0.5) is 0 Å². The van der Waals surface area contributed by atoms with Gasteiger partial charge in [-0.25, -0.2) is 0 Å². The molecule has 1 aromatic rings. The lowest BCUT2D eigenvalue weighted by Gasteiger charge is -2.07. The van der Waals surface area contributed by atoms with E-state index < -0.39 is 0 Å². The third-order valence-electron chi connectivity index (χ3n) is 2.71. The molecule has 1 rings (SSSR count). The predicted molar refractivity (Wildman–Crippen MR) is 75.3 cm³/mol. The first kappa shape index (κ1) is 15.0. The highest BCUT2D eigenvalue weighted by molar-refractivity contribution is 5.27. The molecule has 0 bridgehead atoms. The topological polar surface area (TPSA) is 30.5 Å². The van der Waals surface area contributed by atoms with Crippen LogP contribution in [0.25, 0.3) is 0 Å². The van der Waals surface area contributed by atoms with E-state index in [4.69, 9.17) is 9.47 Å². The largest absolute Gasteiger partial charge is 0.494 e. The smallest absolute Gasteiger partial charge is 0.119 e. The summed E-state index contributed by atoms with van der Waals surface area (Å²) in [5, 5.41) is 3.36. The van der Waals surface area contributed by atoms with Crippen molar-refractivity contribution in [3.05, 3.63) is 29.8 Å². The Bertz CT molecular complexity index is 298. The highest BCUT2D eigenvalue weighted by Crippen LogP contribution is 2.12. The zero-order valence-corrected chi connectivity index (χ0v) is 11.6. The number of hydrogen-bond acceptors (Lipinski definition) is 3. The van der Waals surface area contributed by atoms with Crippen LogP contribution < -0.4 is 10.1 Å². The van der Waals surface area contributed by atoms with Crippen LogP contribution in [-0.4, -0.2) is 33.4 Å². The van der Waals surface area contributed by atoms with E-state index >= 15 is 0 Å². The molecule has 102 valence electrons. The molecule has 0 unspecified atom stereocenters. The van der Waals surface area contributed by atoms with E-state index in [1.54, 1.807) is 7.11 Å². The van der Waals surface area contributed by atoms with Crippen LogP contribution in [0.2, 0.25) is 0 Å². The molecule has 0 aliphatic heterocycles. The van der Waals surface area contributed by atoms with Crippen LogP contribution >= 0.6 is 0 Å². The number of methoxy groups -OCH3 is 1. The van der Waals surface area contributed by atoms with E-state index in [-0.39, 0.29) is 0 Å². The van der Waals surface area contributed by atoms with Gasteiger partial charge in [-0.1, -0.05) is 19.1 Å². The minimum Gasteiger partial charge on any atom is -0.494 e. The molecule has 0 aliphatic carbocycles. The molecule has 0 heterocycles. The van der Waals surface area contributed by atoms with Gasteiger partial charge in [-0.05, 0) is 50.0 Å². The quantitative estimate of drug-likeness (QED) is 0.648. The van der Waals surface area contributed by atoms with E-state index in [1.807, 2.05) is 12.1 Å². The van der Waals surface area contributed by atoms with Crippen LogP contribution in [0.15, 0.2) is 24.3 Å². The van der Waals surface area contributed by atoms with Crippen molar-refractivity contribution in [2.24, 2.45) is 0 Å². The first-order chi connectivity index (χ1) is 8.86. The summed E-state index contributed by atoms with van der Waals surface area (Å²) in [6, 6.07) is 8.27. The second kappa shape index (κ2) is 9.92. The summed E-state index contributed by atoms with van der Waals surface area (Å²) in [7, 11) is 1.73. The van der Waals surface area contributed by atoms with Gasteiger partial charge in [0, 0.05) is 7.11 Å². The number of nitrogens with one attached hydrogen (secondary N) is 1. The first-order valence-corrected chi connectivity index (χ1v) is 6.78. The van der Waals surface area contributed by atoms with Crippen molar-refractivity contribution < 1.29 is 9.47 Å².